The highest BCUT2D eigenvalue weighted by molar-refractivity contribution is 6.30. The first-order chi connectivity index (χ1) is 11.2. The van der Waals surface area contributed by atoms with Crippen LogP contribution in [0, 0.1) is 5.92 Å². The van der Waals surface area contributed by atoms with Crippen molar-refractivity contribution in [3.63, 3.8) is 0 Å². The molecule has 0 unspecified atom stereocenters. The first-order valence-electron chi connectivity index (χ1n) is 8.09. The third kappa shape index (κ3) is 3.11. The Labute approximate surface area is 139 Å². The molecule has 5 nitrogen and oxygen atoms in total. The second-order valence-electron chi connectivity index (χ2n) is 6.33. The maximum Gasteiger partial charge on any atom is 0.247 e. The lowest BCUT2D eigenvalue weighted by Gasteiger charge is -2.31. The van der Waals surface area contributed by atoms with Gasteiger partial charge >= 0.3 is 0 Å². The monoisotopic (exact) mass is 331 g/mol. The van der Waals surface area contributed by atoms with Crippen molar-refractivity contribution in [2.24, 2.45) is 5.92 Å². The number of amides is 1. The lowest BCUT2D eigenvalue weighted by atomic mass is 9.84. The molecular formula is C17H18ClN3O2. The molecule has 2 saturated carbocycles. The average Bonchev–Trinajstić information content (AvgIpc) is 3.22. The Morgan fingerprint density at radius 2 is 1.91 bits per heavy atom. The van der Waals surface area contributed by atoms with Crippen molar-refractivity contribution in [2.45, 2.75) is 44.7 Å². The van der Waals surface area contributed by atoms with E-state index in [1.54, 1.807) is 12.1 Å². The fourth-order valence-electron chi connectivity index (χ4n) is 2.84. The Bertz CT molecular complexity index is 705. The molecule has 0 aliphatic heterocycles. The predicted octanol–water partition coefficient (Wildman–Crippen LogP) is 3.68. The van der Waals surface area contributed by atoms with E-state index in [9.17, 15) is 4.79 Å². The quantitative estimate of drug-likeness (QED) is 0.838. The maximum absolute atomic E-state index is 12.5. The molecule has 2 aliphatic carbocycles. The SMILES string of the molecule is O=C(C1CCC1)N(Cc1nnc(-c2ccc(Cl)cc2)o1)C1CC1. The highest BCUT2D eigenvalue weighted by atomic mass is 35.5. The third-order valence-corrected chi connectivity index (χ3v) is 4.84. The summed E-state index contributed by atoms with van der Waals surface area (Å²) < 4.78 is 5.74. The first-order valence-corrected chi connectivity index (χ1v) is 8.47. The number of aromatic nitrogens is 2. The Balaban J connectivity index is 1.49. The van der Waals surface area contributed by atoms with Crippen LogP contribution < -0.4 is 0 Å². The van der Waals surface area contributed by atoms with E-state index in [-0.39, 0.29) is 11.8 Å². The zero-order chi connectivity index (χ0) is 15.8. The van der Waals surface area contributed by atoms with Crippen LogP contribution in [-0.4, -0.2) is 27.0 Å². The van der Waals surface area contributed by atoms with Gasteiger partial charge in [0.25, 0.3) is 0 Å². The van der Waals surface area contributed by atoms with Crippen LogP contribution in [0.15, 0.2) is 28.7 Å². The van der Waals surface area contributed by atoms with Gasteiger partial charge in [0.2, 0.25) is 17.7 Å². The van der Waals surface area contributed by atoms with Crippen LogP contribution >= 0.6 is 11.6 Å². The number of rotatable bonds is 5. The number of halogens is 1. The summed E-state index contributed by atoms with van der Waals surface area (Å²) in [5.41, 5.74) is 0.830. The van der Waals surface area contributed by atoms with E-state index in [0.29, 0.717) is 29.4 Å². The Morgan fingerprint density at radius 1 is 1.17 bits per heavy atom. The van der Waals surface area contributed by atoms with E-state index in [4.69, 9.17) is 16.0 Å². The van der Waals surface area contributed by atoms with E-state index in [2.05, 4.69) is 10.2 Å². The van der Waals surface area contributed by atoms with Crippen molar-refractivity contribution >= 4 is 17.5 Å². The summed E-state index contributed by atoms with van der Waals surface area (Å²) in [5, 5.41) is 8.86. The molecule has 2 aliphatic rings. The van der Waals surface area contributed by atoms with E-state index in [1.165, 1.54) is 0 Å². The van der Waals surface area contributed by atoms with Crippen LogP contribution in [0.3, 0.4) is 0 Å². The van der Waals surface area contributed by atoms with E-state index in [1.807, 2.05) is 17.0 Å². The standard InChI is InChI=1S/C17H18ClN3O2/c18-13-6-4-11(5-7-13)16-20-19-15(23-16)10-21(14-8-9-14)17(22)12-2-1-3-12/h4-7,12,14H,1-3,8-10H2. The van der Waals surface area contributed by atoms with E-state index in [0.717, 1.165) is 37.7 Å². The van der Waals surface area contributed by atoms with Gasteiger partial charge in [0.15, 0.2) is 0 Å². The molecule has 1 aromatic carbocycles. The molecule has 0 spiro atoms. The Morgan fingerprint density at radius 3 is 2.52 bits per heavy atom. The summed E-state index contributed by atoms with van der Waals surface area (Å²) in [6, 6.07) is 7.62. The maximum atomic E-state index is 12.5. The molecule has 6 heteroatoms. The molecule has 2 fully saturated rings. The molecule has 1 heterocycles. The molecule has 1 aromatic heterocycles. The van der Waals surface area contributed by atoms with Crippen molar-refractivity contribution in [2.75, 3.05) is 0 Å². The van der Waals surface area contributed by atoms with Gasteiger partial charge in [-0.1, -0.05) is 18.0 Å². The van der Waals surface area contributed by atoms with Crippen LogP contribution in [0.1, 0.15) is 38.0 Å². The number of hydrogen-bond donors (Lipinski definition) is 0. The van der Waals surface area contributed by atoms with Crippen molar-refractivity contribution < 1.29 is 9.21 Å². The summed E-state index contributed by atoms with van der Waals surface area (Å²) in [7, 11) is 0. The number of carbonyl (C=O) groups excluding carboxylic acids is 1. The number of nitrogens with zero attached hydrogens (tertiary/aromatic N) is 3. The van der Waals surface area contributed by atoms with E-state index < -0.39 is 0 Å². The second kappa shape index (κ2) is 5.96. The molecule has 0 bridgehead atoms. The molecule has 120 valence electrons. The molecule has 0 N–H and O–H groups in total. The summed E-state index contributed by atoms with van der Waals surface area (Å²) in [6.07, 6.45) is 5.35. The average molecular weight is 332 g/mol. The van der Waals surface area contributed by atoms with Gasteiger partial charge in [-0.05, 0) is 49.9 Å². The van der Waals surface area contributed by atoms with Crippen LogP contribution in [0.4, 0.5) is 0 Å². The molecular weight excluding hydrogens is 314 g/mol. The molecule has 0 atom stereocenters. The van der Waals surface area contributed by atoms with Gasteiger partial charge < -0.3 is 9.32 Å². The highest BCUT2D eigenvalue weighted by Gasteiger charge is 2.38. The van der Waals surface area contributed by atoms with Crippen LogP contribution in [0.5, 0.6) is 0 Å². The zero-order valence-electron chi connectivity index (χ0n) is 12.7. The first kappa shape index (κ1) is 14.7. The second-order valence-corrected chi connectivity index (χ2v) is 6.77. The Kier molecular flexibility index (Phi) is 3.81. The normalized spacial score (nSPS) is 17.8. The zero-order valence-corrected chi connectivity index (χ0v) is 13.5. The minimum absolute atomic E-state index is 0.203. The van der Waals surface area contributed by atoms with Gasteiger partial charge in [-0.2, -0.15) is 0 Å². The largest absolute Gasteiger partial charge is 0.419 e. The third-order valence-electron chi connectivity index (χ3n) is 4.59. The fraction of sp³-hybridized carbons (Fsp3) is 0.471. The molecule has 4 rings (SSSR count). The van der Waals surface area contributed by atoms with Gasteiger partial charge in [0.1, 0.15) is 0 Å². The smallest absolute Gasteiger partial charge is 0.247 e. The topological polar surface area (TPSA) is 59.2 Å². The summed E-state index contributed by atoms with van der Waals surface area (Å²) >= 11 is 5.89. The Hall–Kier alpha value is -1.88. The van der Waals surface area contributed by atoms with Gasteiger partial charge in [-0.3, -0.25) is 4.79 Å². The van der Waals surface area contributed by atoms with Crippen LogP contribution in [0.25, 0.3) is 11.5 Å². The fourth-order valence-corrected chi connectivity index (χ4v) is 2.96. The van der Waals surface area contributed by atoms with Crippen LogP contribution in [0.2, 0.25) is 5.02 Å². The van der Waals surface area contributed by atoms with Crippen molar-refractivity contribution in [1.29, 1.82) is 0 Å². The predicted molar refractivity (Wildman–Crippen MR) is 85.7 cm³/mol. The minimum atomic E-state index is 0.203. The lowest BCUT2D eigenvalue weighted by molar-refractivity contribution is -0.139. The van der Waals surface area contributed by atoms with Gasteiger partial charge in [0.05, 0.1) is 6.54 Å². The molecule has 1 amide bonds. The van der Waals surface area contributed by atoms with Crippen molar-refractivity contribution in [3.05, 3.63) is 35.2 Å². The molecule has 0 radical (unpaired) electrons. The minimum Gasteiger partial charge on any atom is -0.419 e. The number of benzene rings is 1. The summed E-state index contributed by atoms with van der Waals surface area (Å²) in [5.74, 6) is 1.41. The summed E-state index contributed by atoms with van der Waals surface area (Å²) in [6.45, 7) is 0.417. The summed E-state index contributed by atoms with van der Waals surface area (Å²) in [4.78, 5) is 14.5. The lowest BCUT2D eigenvalue weighted by Crippen LogP contribution is -2.39. The molecule has 0 saturated heterocycles. The van der Waals surface area contributed by atoms with Crippen molar-refractivity contribution in [3.8, 4) is 11.5 Å². The van der Waals surface area contributed by atoms with Crippen molar-refractivity contribution in [1.82, 2.24) is 15.1 Å². The van der Waals surface area contributed by atoms with E-state index >= 15 is 0 Å². The van der Waals surface area contributed by atoms with Crippen LogP contribution in [-0.2, 0) is 11.3 Å². The highest BCUT2D eigenvalue weighted by Crippen LogP contribution is 2.35. The number of carbonyl (C=O) groups is 1. The van der Waals surface area contributed by atoms with Gasteiger partial charge in [-0.25, -0.2) is 0 Å². The molecule has 23 heavy (non-hydrogen) atoms. The molecule has 2 aromatic rings. The van der Waals surface area contributed by atoms with Gasteiger partial charge in [-0.15, -0.1) is 10.2 Å². The number of hydrogen-bond acceptors (Lipinski definition) is 4. The van der Waals surface area contributed by atoms with Gasteiger partial charge in [0, 0.05) is 22.5 Å².